The monoisotopic (exact) mass is 464 g/mol. The lowest BCUT2D eigenvalue weighted by Crippen LogP contribution is -2.41. The van der Waals surface area contributed by atoms with Gasteiger partial charge in [0.1, 0.15) is 45.8 Å². The van der Waals surface area contributed by atoms with Gasteiger partial charge in [0, 0.05) is 37.5 Å². The van der Waals surface area contributed by atoms with Crippen LogP contribution in [-0.4, -0.2) is 33.2 Å². The van der Waals surface area contributed by atoms with E-state index >= 15 is 0 Å². The first-order chi connectivity index (χ1) is 15.9. The fourth-order valence-electron chi connectivity index (χ4n) is 4.56. The molecule has 2 N–H and O–H groups in total. The molecule has 0 aliphatic carbocycles. The summed E-state index contributed by atoms with van der Waals surface area (Å²) >= 11 is 0. The molecule has 8 heteroatoms. The molecular weight excluding hydrogens is 440 g/mol. The number of carbonyl (C=O) groups excluding carboxylic acids is 3. The summed E-state index contributed by atoms with van der Waals surface area (Å²) in [7, 11) is 0. The largest absolute Gasteiger partial charge is 0.508 e. The molecule has 0 bridgehead atoms. The van der Waals surface area contributed by atoms with Crippen molar-refractivity contribution in [2.24, 2.45) is 0 Å². The standard InChI is InChI=1S/C26H24O8/c1-13(27)4-15-6-17(29)8-22-24(15)20(31)10-19(33-22)11-26(3)12-21(32)25-16(5-14(2)28)7-18(30)9-23(25)34-26/h6-10,29-30H,4-5,11-12H2,1-3H3/t26-/m1/s1. The smallest absolute Gasteiger partial charge is 0.193 e. The van der Waals surface area contributed by atoms with Gasteiger partial charge in [-0.15, -0.1) is 0 Å². The molecule has 1 aliphatic rings. The number of carbonyl (C=O) groups is 3. The third kappa shape index (κ3) is 4.57. The van der Waals surface area contributed by atoms with Crippen LogP contribution in [0.5, 0.6) is 17.2 Å². The number of fused-ring (bicyclic) bond motifs is 2. The Labute approximate surface area is 194 Å². The Balaban J connectivity index is 1.72. The second kappa shape index (κ2) is 8.44. The van der Waals surface area contributed by atoms with Gasteiger partial charge in [-0.1, -0.05) is 0 Å². The van der Waals surface area contributed by atoms with E-state index in [9.17, 15) is 29.4 Å². The van der Waals surface area contributed by atoms with Crippen LogP contribution >= 0.6 is 0 Å². The van der Waals surface area contributed by atoms with Crippen LogP contribution in [0, 0.1) is 0 Å². The zero-order chi connectivity index (χ0) is 24.8. The van der Waals surface area contributed by atoms with Crippen LogP contribution in [0.1, 0.15) is 54.4 Å². The molecule has 4 rings (SSSR count). The Morgan fingerprint density at radius 1 is 0.941 bits per heavy atom. The van der Waals surface area contributed by atoms with Crippen LogP contribution < -0.4 is 10.2 Å². The summed E-state index contributed by atoms with van der Waals surface area (Å²) in [5.74, 6) is -0.425. The number of Topliss-reactive ketones (excluding diaryl/α,β-unsaturated/α-hetero) is 3. The normalized spacial score (nSPS) is 17.3. The van der Waals surface area contributed by atoms with Crippen molar-refractivity contribution in [1.29, 1.82) is 0 Å². The minimum Gasteiger partial charge on any atom is -0.508 e. The van der Waals surface area contributed by atoms with Gasteiger partial charge in [-0.3, -0.25) is 19.2 Å². The van der Waals surface area contributed by atoms with Crippen LogP contribution in [0.2, 0.25) is 0 Å². The molecule has 2 aromatic carbocycles. The van der Waals surface area contributed by atoms with Crippen LogP contribution in [0.4, 0.5) is 0 Å². The van der Waals surface area contributed by atoms with Crippen LogP contribution in [0.25, 0.3) is 11.0 Å². The van der Waals surface area contributed by atoms with Crippen molar-refractivity contribution in [2.75, 3.05) is 0 Å². The first-order valence-electron chi connectivity index (χ1n) is 10.8. The number of phenolic OH excluding ortho intramolecular Hbond substituents is 2. The van der Waals surface area contributed by atoms with Crippen molar-refractivity contribution < 1.29 is 33.8 Å². The highest BCUT2D eigenvalue weighted by Gasteiger charge is 2.39. The molecule has 3 aromatic rings. The van der Waals surface area contributed by atoms with Gasteiger partial charge < -0.3 is 19.4 Å². The molecule has 0 saturated heterocycles. The molecule has 2 heterocycles. The summed E-state index contributed by atoms with van der Waals surface area (Å²) in [4.78, 5) is 49.1. The lowest BCUT2D eigenvalue weighted by atomic mass is 9.85. The number of phenols is 2. The minimum absolute atomic E-state index is 0.00577. The fourth-order valence-corrected chi connectivity index (χ4v) is 4.56. The maximum atomic E-state index is 13.0. The second-order valence-corrected chi connectivity index (χ2v) is 9.12. The topological polar surface area (TPSA) is 131 Å². The van der Waals surface area contributed by atoms with Crippen molar-refractivity contribution in [3.63, 3.8) is 0 Å². The molecular formula is C26H24O8. The molecule has 1 aliphatic heterocycles. The van der Waals surface area contributed by atoms with Gasteiger partial charge in [0.25, 0.3) is 0 Å². The molecule has 176 valence electrons. The van der Waals surface area contributed by atoms with E-state index in [1.165, 1.54) is 44.2 Å². The summed E-state index contributed by atoms with van der Waals surface area (Å²) in [5.41, 5.74) is -0.287. The van der Waals surface area contributed by atoms with Crippen molar-refractivity contribution in [2.45, 2.75) is 52.1 Å². The Hall–Kier alpha value is -3.94. The van der Waals surface area contributed by atoms with E-state index in [2.05, 4.69) is 0 Å². The number of ether oxygens (including phenoxy) is 1. The van der Waals surface area contributed by atoms with Gasteiger partial charge in [0.2, 0.25) is 0 Å². The first-order valence-corrected chi connectivity index (χ1v) is 10.8. The molecule has 1 aromatic heterocycles. The summed E-state index contributed by atoms with van der Waals surface area (Å²) in [5, 5.41) is 20.3. The molecule has 8 nitrogen and oxygen atoms in total. The quantitative estimate of drug-likeness (QED) is 0.567. The molecule has 1 atom stereocenters. The third-order valence-electron chi connectivity index (χ3n) is 5.71. The number of ketones is 3. The first kappa shape index (κ1) is 23.2. The SMILES string of the molecule is CC(=O)Cc1cc(O)cc2c1C(=O)C[C@@](C)(Cc1cc(=O)c3c(CC(C)=O)cc(O)cc3o1)O2. The van der Waals surface area contributed by atoms with Gasteiger partial charge in [-0.25, -0.2) is 0 Å². The minimum atomic E-state index is -1.09. The Morgan fingerprint density at radius 2 is 1.56 bits per heavy atom. The number of rotatable bonds is 6. The Morgan fingerprint density at radius 3 is 2.24 bits per heavy atom. The zero-order valence-electron chi connectivity index (χ0n) is 19.1. The predicted octanol–water partition coefficient (Wildman–Crippen LogP) is 3.43. The van der Waals surface area contributed by atoms with Gasteiger partial charge in [-0.2, -0.15) is 0 Å². The predicted molar refractivity (Wildman–Crippen MR) is 123 cm³/mol. The second-order valence-electron chi connectivity index (χ2n) is 9.12. The molecule has 34 heavy (non-hydrogen) atoms. The lowest BCUT2D eigenvalue weighted by Gasteiger charge is -2.35. The van der Waals surface area contributed by atoms with Gasteiger partial charge in [-0.05, 0) is 44.0 Å². The van der Waals surface area contributed by atoms with Gasteiger partial charge >= 0.3 is 0 Å². The fraction of sp³-hybridized carbons (Fsp3) is 0.308. The van der Waals surface area contributed by atoms with Crippen molar-refractivity contribution >= 4 is 28.3 Å². The van der Waals surface area contributed by atoms with Crippen LogP contribution in [-0.2, 0) is 28.9 Å². The average molecular weight is 464 g/mol. The van der Waals surface area contributed by atoms with Crippen LogP contribution in [0.3, 0.4) is 0 Å². The zero-order valence-corrected chi connectivity index (χ0v) is 19.1. The number of aromatic hydroxyl groups is 2. The molecule has 0 saturated carbocycles. The molecule has 0 spiro atoms. The lowest BCUT2D eigenvalue weighted by molar-refractivity contribution is -0.117. The van der Waals surface area contributed by atoms with Gasteiger partial charge in [0.05, 0.1) is 17.4 Å². The molecule has 0 radical (unpaired) electrons. The van der Waals surface area contributed by atoms with Crippen molar-refractivity contribution in [1.82, 2.24) is 0 Å². The summed E-state index contributed by atoms with van der Waals surface area (Å²) in [6.07, 6.45) is -0.00674. The molecule has 0 amide bonds. The van der Waals surface area contributed by atoms with Crippen molar-refractivity contribution in [3.05, 3.63) is 63.0 Å². The van der Waals surface area contributed by atoms with E-state index in [1.54, 1.807) is 6.92 Å². The molecule has 0 fully saturated rings. The summed E-state index contributed by atoms with van der Waals surface area (Å²) in [6.45, 7) is 4.48. The highest BCUT2D eigenvalue weighted by atomic mass is 16.5. The van der Waals surface area contributed by atoms with E-state index in [0.717, 1.165) is 0 Å². The summed E-state index contributed by atoms with van der Waals surface area (Å²) in [6, 6.07) is 6.68. The van der Waals surface area contributed by atoms with E-state index in [-0.39, 0.29) is 88.0 Å². The van der Waals surface area contributed by atoms with E-state index in [1.807, 2.05) is 0 Å². The maximum absolute atomic E-state index is 13.0. The van der Waals surface area contributed by atoms with Crippen molar-refractivity contribution in [3.8, 4) is 17.2 Å². The van der Waals surface area contributed by atoms with E-state index in [0.29, 0.717) is 11.1 Å². The Bertz CT molecular complexity index is 1410. The number of hydrogen-bond acceptors (Lipinski definition) is 8. The maximum Gasteiger partial charge on any atom is 0.193 e. The molecule has 0 unspecified atom stereocenters. The number of hydrogen-bond donors (Lipinski definition) is 2. The van der Waals surface area contributed by atoms with E-state index in [4.69, 9.17) is 9.15 Å². The average Bonchev–Trinajstić information content (AvgIpc) is 2.64. The van der Waals surface area contributed by atoms with E-state index < -0.39 is 5.60 Å². The summed E-state index contributed by atoms with van der Waals surface area (Å²) < 4.78 is 12.0. The third-order valence-corrected chi connectivity index (χ3v) is 5.71. The Kier molecular flexibility index (Phi) is 5.77. The van der Waals surface area contributed by atoms with Crippen LogP contribution in [0.15, 0.2) is 39.5 Å². The van der Waals surface area contributed by atoms with Gasteiger partial charge in [0.15, 0.2) is 11.2 Å². The highest BCUT2D eigenvalue weighted by Crippen LogP contribution is 2.39. The highest BCUT2D eigenvalue weighted by molar-refractivity contribution is 6.03. The number of benzene rings is 2.